The number of carbonyl (C=O) groups is 1. The average Bonchev–Trinajstić information content (AvgIpc) is 2.59. The molecule has 0 spiro atoms. The Bertz CT molecular complexity index is 378. The molecule has 1 aliphatic heterocycles. The zero-order valence-corrected chi connectivity index (χ0v) is 9.68. The van der Waals surface area contributed by atoms with Crippen molar-refractivity contribution in [3.63, 3.8) is 0 Å². The van der Waals surface area contributed by atoms with Gasteiger partial charge in [0, 0.05) is 31.0 Å². The smallest absolute Gasteiger partial charge is 0.255 e. The van der Waals surface area contributed by atoms with Crippen molar-refractivity contribution in [2.45, 2.75) is 19.9 Å². The summed E-state index contributed by atoms with van der Waals surface area (Å²) in [5.41, 5.74) is 7.46. The molecule has 4 heteroatoms. The SMILES string of the molecule is Cc1ccc(C(=O)N2CC(C)C(N)C2)cn1. The van der Waals surface area contributed by atoms with Gasteiger partial charge in [-0.25, -0.2) is 0 Å². The van der Waals surface area contributed by atoms with E-state index in [0.29, 0.717) is 18.0 Å². The summed E-state index contributed by atoms with van der Waals surface area (Å²) in [4.78, 5) is 18.0. The van der Waals surface area contributed by atoms with Crippen molar-refractivity contribution >= 4 is 5.91 Å². The molecule has 1 amide bonds. The molecule has 86 valence electrons. The molecule has 0 radical (unpaired) electrons. The van der Waals surface area contributed by atoms with Crippen molar-refractivity contribution in [3.05, 3.63) is 29.6 Å². The fourth-order valence-corrected chi connectivity index (χ4v) is 1.93. The van der Waals surface area contributed by atoms with Gasteiger partial charge in [0.2, 0.25) is 0 Å². The third-order valence-corrected chi connectivity index (χ3v) is 3.12. The highest BCUT2D eigenvalue weighted by Gasteiger charge is 2.30. The summed E-state index contributed by atoms with van der Waals surface area (Å²) in [7, 11) is 0. The lowest BCUT2D eigenvalue weighted by atomic mass is 10.1. The van der Waals surface area contributed by atoms with Gasteiger partial charge in [0.25, 0.3) is 5.91 Å². The van der Waals surface area contributed by atoms with Crippen LogP contribution in [0.5, 0.6) is 0 Å². The van der Waals surface area contributed by atoms with Crippen LogP contribution < -0.4 is 5.73 Å². The van der Waals surface area contributed by atoms with Crippen LogP contribution in [0, 0.1) is 12.8 Å². The lowest BCUT2D eigenvalue weighted by Crippen LogP contribution is -2.32. The Labute approximate surface area is 95.5 Å². The second-order valence-electron chi connectivity index (χ2n) is 4.54. The number of hydrogen-bond acceptors (Lipinski definition) is 3. The second kappa shape index (κ2) is 4.22. The predicted octanol–water partition coefficient (Wildman–Crippen LogP) is 0.809. The normalized spacial score (nSPS) is 24.8. The van der Waals surface area contributed by atoms with E-state index in [9.17, 15) is 4.79 Å². The summed E-state index contributed by atoms with van der Waals surface area (Å²) in [6, 6.07) is 3.77. The number of aromatic nitrogens is 1. The molecule has 2 unspecified atom stereocenters. The lowest BCUT2D eigenvalue weighted by molar-refractivity contribution is 0.0786. The molecule has 0 aliphatic carbocycles. The van der Waals surface area contributed by atoms with Crippen molar-refractivity contribution in [2.75, 3.05) is 13.1 Å². The third kappa shape index (κ3) is 2.07. The zero-order valence-electron chi connectivity index (χ0n) is 9.68. The van der Waals surface area contributed by atoms with Crippen molar-refractivity contribution in [3.8, 4) is 0 Å². The molecule has 16 heavy (non-hydrogen) atoms. The van der Waals surface area contributed by atoms with Gasteiger partial charge in [-0.3, -0.25) is 9.78 Å². The van der Waals surface area contributed by atoms with E-state index < -0.39 is 0 Å². The molecule has 1 fully saturated rings. The van der Waals surface area contributed by atoms with E-state index >= 15 is 0 Å². The van der Waals surface area contributed by atoms with Gasteiger partial charge in [0.15, 0.2) is 0 Å². The molecule has 0 bridgehead atoms. The van der Waals surface area contributed by atoms with E-state index in [1.54, 1.807) is 6.20 Å². The highest BCUT2D eigenvalue weighted by molar-refractivity contribution is 5.94. The first-order valence-corrected chi connectivity index (χ1v) is 5.55. The number of hydrogen-bond donors (Lipinski definition) is 1. The van der Waals surface area contributed by atoms with Crippen molar-refractivity contribution < 1.29 is 4.79 Å². The van der Waals surface area contributed by atoms with Gasteiger partial charge in [0.05, 0.1) is 5.56 Å². The lowest BCUT2D eigenvalue weighted by Gasteiger charge is -2.15. The molecule has 2 N–H and O–H groups in total. The first-order chi connectivity index (χ1) is 7.58. The molecule has 1 aromatic rings. The maximum Gasteiger partial charge on any atom is 0.255 e. The highest BCUT2D eigenvalue weighted by Crippen LogP contribution is 2.17. The van der Waals surface area contributed by atoms with E-state index in [-0.39, 0.29) is 11.9 Å². The number of rotatable bonds is 1. The Morgan fingerprint density at radius 2 is 2.25 bits per heavy atom. The van der Waals surface area contributed by atoms with Crippen LogP contribution >= 0.6 is 0 Å². The van der Waals surface area contributed by atoms with Gasteiger partial charge in [-0.2, -0.15) is 0 Å². The quantitative estimate of drug-likeness (QED) is 0.760. The van der Waals surface area contributed by atoms with Crippen LogP contribution in [0.4, 0.5) is 0 Å². The molecule has 0 saturated carbocycles. The van der Waals surface area contributed by atoms with Gasteiger partial charge in [-0.15, -0.1) is 0 Å². The Morgan fingerprint density at radius 1 is 1.50 bits per heavy atom. The number of nitrogens with zero attached hydrogens (tertiary/aromatic N) is 2. The van der Waals surface area contributed by atoms with E-state index in [0.717, 1.165) is 12.2 Å². The number of pyridine rings is 1. The number of likely N-dealkylation sites (tertiary alicyclic amines) is 1. The van der Waals surface area contributed by atoms with Crippen LogP contribution in [0.25, 0.3) is 0 Å². The summed E-state index contributed by atoms with van der Waals surface area (Å²) >= 11 is 0. The molecular weight excluding hydrogens is 202 g/mol. The second-order valence-corrected chi connectivity index (χ2v) is 4.54. The number of aryl methyl sites for hydroxylation is 1. The number of nitrogens with two attached hydrogens (primary N) is 1. The van der Waals surface area contributed by atoms with Crippen molar-refractivity contribution in [2.24, 2.45) is 11.7 Å². The fourth-order valence-electron chi connectivity index (χ4n) is 1.93. The van der Waals surface area contributed by atoms with Gasteiger partial charge in [-0.1, -0.05) is 6.92 Å². The summed E-state index contributed by atoms with van der Waals surface area (Å²) < 4.78 is 0. The molecule has 1 aliphatic rings. The molecule has 1 aromatic heterocycles. The monoisotopic (exact) mass is 219 g/mol. The number of carbonyl (C=O) groups excluding carboxylic acids is 1. The average molecular weight is 219 g/mol. The molecule has 4 nitrogen and oxygen atoms in total. The van der Waals surface area contributed by atoms with Crippen LogP contribution in [0.2, 0.25) is 0 Å². The zero-order chi connectivity index (χ0) is 11.7. The van der Waals surface area contributed by atoms with Gasteiger partial charge < -0.3 is 10.6 Å². The highest BCUT2D eigenvalue weighted by atomic mass is 16.2. The first-order valence-electron chi connectivity index (χ1n) is 5.55. The fraction of sp³-hybridized carbons (Fsp3) is 0.500. The van der Waals surface area contributed by atoms with Gasteiger partial charge >= 0.3 is 0 Å². The van der Waals surface area contributed by atoms with Crippen LogP contribution in [-0.2, 0) is 0 Å². The summed E-state index contributed by atoms with van der Waals surface area (Å²) in [5.74, 6) is 0.412. The summed E-state index contributed by atoms with van der Waals surface area (Å²) in [6.07, 6.45) is 1.63. The predicted molar refractivity (Wildman–Crippen MR) is 62.0 cm³/mol. The molecule has 0 aromatic carbocycles. The van der Waals surface area contributed by atoms with E-state index in [1.165, 1.54) is 0 Å². The topological polar surface area (TPSA) is 59.2 Å². The molecule has 1 saturated heterocycles. The van der Waals surface area contributed by atoms with Crippen LogP contribution in [0.3, 0.4) is 0 Å². The Hall–Kier alpha value is -1.42. The third-order valence-electron chi connectivity index (χ3n) is 3.12. The first kappa shape index (κ1) is 11.1. The molecular formula is C12H17N3O. The summed E-state index contributed by atoms with van der Waals surface area (Å²) in [6.45, 7) is 5.37. The number of amides is 1. The van der Waals surface area contributed by atoms with Crippen molar-refractivity contribution in [1.29, 1.82) is 0 Å². The minimum absolute atomic E-state index is 0.0345. The maximum atomic E-state index is 12.1. The minimum Gasteiger partial charge on any atom is -0.337 e. The van der Waals surface area contributed by atoms with Crippen molar-refractivity contribution in [1.82, 2.24) is 9.88 Å². The van der Waals surface area contributed by atoms with E-state index in [4.69, 9.17) is 5.73 Å². The Morgan fingerprint density at radius 3 is 2.75 bits per heavy atom. The molecule has 2 atom stereocenters. The van der Waals surface area contributed by atoms with E-state index in [2.05, 4.69) is 11.9 Å². The maximum absolute atomic E-state index is 12.1. The summed E-state index contributed by atoms with van der Waals surface area (Å²) in [5, 5.41) is 0. The van der Waals surface area contributed by atoms with Gasteiger partial charge in [-0.05, 0) is 25.0 Å². The van der Waals surface area contributed by atoms with Crippen LogP contribution in [0.1, 0.15) is 23.0 Å². The van der Waals surface area contributed by atoms with Gasteiger partial charge in [0.1, 0.15) is 0 Å². The Kier molecular flexibility index (Phi) is 2.92. The minimum atomic E-state index is 0.0345. The molecule has 2 rings (SSSR count). The van der Waals surface area contributed by atoms with E-state index in [1.807, 2.05) is 24.0 Å². The molecule has 2 heterocycles. The standard InChI is InChI=1S/C12H17N3O/c1-8-6-15(7-11(8)13)12(16)10-4-3-9(2)14-5-10/h3-5,8,11H,6-7,13H2,1-2H3. The Balaban J connectivity index is 2.11. The largest absolute Gasteiger partial charge is 0.337 e. The van der Waals surface area contributed by atoms with Crippen LogP contribution in [-0.4, -0.2) is 34.9 Å². The van der Waals surface area contributed by atoms with Crippen LogP contribution in [0.15, 0.2) is 18.3 Å².